The molecule has 0 aromatic heterocycles. The van der Waals surface area contributed by atoms with Gasteiger partial charge in [0.1, 0.15) is 12.6 Å². The summed E-state index contributed by atoms with van der Waals surface area (Å²) < 4.78 is 32.1. The second kappa shape index (κ2) is 9.95. The van der Waals surface area contributed by atoms with Crippen LogP contribution in [0.2, 0.25) is 0 Å². The van der Waals surface area contributed by atoms with Crippen LogP contribution in [0.25, 0.3) is 0 Å². The molecule has 1 aliphatic rings. The lowest BCUT2D eigenvalue weighted by molar-refractivity contribution is -0.125. The fraction of sp³-hybridized carbons (Fsp3) is 0.471. The topological polar surface area (TPSA) is 126 Å². The van der Waals surface area contributed by atoms with E-state index in [2.05, 4.69) is 16.0 Å². The summed E-state index contributed by atoms with van der Waals surface area (Å²) >= 11 is 0. The first-order valence-corrected chi connectivity index (χ1v) is 8.72. The van der Waals surface area contributed by atoms with Crippen LogP contribution in [0.15, 0.2) is 18.2 Å². The number of benzene rings is 1. The van der Waals surface area contributed by atoms with Gasteiger partial charge in [-0.05, 0) is 25.1 Å². The molecule has 1 aromatic rings. The van der Waals surface area contributed by atoms with Crippen LogP contribution >= 0.6 is 0 Å². The number of amides is 4. The van der Waals surface area contributed by atoms with Crippen LogP contribution in [0.1, 0.15) is 18.9 Å². The highest BCUT2D eigenvalue weighted by molar-refractivity contribution is 5.99. The molecule has 1 aromatic carbocycles. The minimum atomic E-state index is -2.89. The predicted molar refractivity (Wildman–Crippen MR) is 98.3 cm³/mol. The number of ether oxygens (including phenoxy) is 1. The molecule has 0 radical (unpaired) electrons. The van der Waals surface area contributed by atoms with E-state index in [4.69, 9.17) is 10.5 Å². The molecule has 1 aliphatic heterocycles. The lowest BCUT2D eigenvalue weighted by Crippen LogP contribution is -2.51. The molecular weight excluding hydrogens is 376 g/mol. The van der Waals surface area contributed by atoms with Gasteiger partial charge in [-0.1, -0.05) is 0 Å². The van der Waals surface area contributed by atoms with Crippen LogP contribution in [-0.2, 0) is 14.3 Å². The van der Waals surface area contributed by atoms with Crippen molar-refractivity contribution in [2.45, 2.75) is 19.4 Å². The van der Waals surface area contributed by atoms with Crippen LogP contribution in [0.4, 0.5) is 25.0 Å². The molecule has 1 fully saturated rings. The Morgan fingerprint density at radius 2 is 2.11 bits per heavy atom. The van der Waals surface area contributed by atoms with Gasteiger partial charge >= 0.3 is 6.03 Å². The van der Waals surface area contributed by atoms with E-state index in [-0.39, 0.29) is 37.0 Å². The molecular formula is C17H23F2N5O4. The highest BCUT2D eigenvalue weighted by Crippen LogP contribution is 2.31. The molecule has 0 spiro atoms. The first-order chi connectivity index (χ1) is 13.4. The third-order valence-electron chi connectivity index (χ3n) is 4.02. The quantitative estimate of drug-likeness (QED) is 0.533. The molecule has 5 N–H and O–H groups in total. The lowest BCUT2D eigenvalue weighted by atomic mass is 10.1. The molecule has 9 nitrogen and oxygen atoms in total. The molecule has 0 saturated carbocycles. The molecule has 0 bridgehead atoms. The zero-order valence-corrected chi connectivity index (χ0v) is 15.3. The number of anilines is 2. The number of hydrogen-bond acceptors (Lipinski definition) is 5. The number of alkyl halides is 2. The van der Waals surface area contributed by atoms with E-state index in [0.29, 0.717) is 13.2 Å². The molecule has 0 unspecified atom stereocenters. The van der Waals surface area contributed by atoms with Gasteiger partial charge in [-0.25, -0.2) is 13.6 Å². The Bertz CT molecular complexity index is 731. The van der Waals surface area contributed by atoms with Crippen molar-refractivity contribution >= 4 is 29.2 Å². The summed E-state index contributed by atoms with van der Waals surface area (Å²) in [5, 5.41) is 7.18. The normalized spacial score (nSPS) is 15.3. The van der Waals surface area contributed by atoms with Crippen molar-refractivity contribution < 1.29 is 27.9 Å². The van der Waals surface area contributed by atoms with Gasteiger partial charge in [-0.2, -0.15) is 0 Å². The number of hydrogen-bond donors (Lipinski definition) is 4. The highest BCUT2D eigenvalue weighted by Gasteiger charge is 2.25. The molecule has 11 heteroatoms. The van der Waals surface area contributed by atoms with Gasteiger partial charge in [0, 0.05) is 36.6 Å². The Morgan fingerprint density at radius 1 is 1.36 bits per heavy atom. The summed E-state index contributed by atoms with van der Waals surface area (Å²) in [4.78, 5) is 37.2. The van der Waals surface area contributed by atoms with Crippen molar-refractivity contribution in [3.63, 3.8) is 0 Å². The highest BCUT2D eigenvalue weighted by atomic mass is 19.3. The minimum absolute atomic E-state index is 0.119. The lowest BCUT2D eigenvalue weighted by Gasteiger charge is -2.27. The van der Waals surface area contributed by atoms with Gasteiger partial charge in [0.2, 0.25) is 5.91 Å². The molecule has 1 saturated heterocycles. The van der Waals surface area contributed by atoms with Crippen molar-refractivity contribution in [3.8, 4) is 0 Å². The van der Waals surface area contributed by atoms with Crippen molar-refractivity contribution in [1.82, 2.24) is 10.6 Å². The maximum atomic E-state index is 13.5. The largest absolute Gasteiger partial charge is 0.370 e. The number of nitrogens with one attached hydrogen (secondary N) is 3. The van der Waals surface area contributed by atoms with E-state index < -0.39 is 30.0 Å². The molecule has 1 heterocycles. The number of carbonyl (C=O) groups is 3. The number of rotatable bonds is 7. The van der Waals surface area contributed by atoms with Gasteiger partial charge < -0.3 is 31.3 Å². The average molecular weight is 399 g/mol. The SMILES string of the molecule is CCNC(=O)N[C@H](CN)C(=O)Nc1ccc(N2CCOCC2=O)cc1C(F)F. The molecule has 28 heavy (non-hydrogen) atoms. The Balaban J connectivity index is 2.18. The zero-order chi connectivity index (χ0) is 20.7. The maximum Gasteiger partial charge on any atom is 0.315 e. The van der Waals surface area contributed by atoms with Crippen LogP contribution in [-0.4, -0.2) is 56.7 Å². The van der Waals surface area contributed by atoms with E-state index >= 15 is 0 Å². The van der Waals surface area contributed by atoms with Crippen LogP contribution in [0.5, 0.6) is 0 Å². The van der Waals surface area contributed by atoms with Crippen molar-refractivity contribution in [2.75, 3.05) is 43.1 Å². The molecule has 4 amide bonds. The molecule has 0 aliphatic carbocycles. The third-order valence-corrected chi connectivity index (χ3v) is 4.02. The average Bonchev–Trinajstić information content (AvgIpc) is 2.67. The fourth-order valence-corrected chi connectivity index (χ4v) is 2.62. The zero-order valence-electron chi connectivity index (χ0n) is 15.3. The van der Waals surface area contributed by atoms with E-state index in [1.54, 1.807) is 6.92 Å². The number of nitrogens with zero attached hydrogens (tertiary/aromatic N) is 1. The monoisotopic (exact) mass is 399 g/mol. The smallest absolute Gasteiger partial charge is 0.315 e. The number of halogens is 2. The molecule has 154 valence electrons. The van der Waals surface area contributed by atoms with Crippen molar-refractivity contribution in [3.05, 3.63) is 23.8 Å². The standard InChI is InChI=1S/C17H23F2N5O4/c1-2-21-17(27)23-13(8-20)16(26)22-12-4-3-10(7-11(12)15(18)19)24-5-6-28-9-14(24)25/h3-4,7,13,15H,2,5-6,8-9,20H2,1H3,(H,22,26)(H2,21,23,27)/t13-/m1/s1. The van der Waals surface area contributed by atoms with Crippen molar-refractivity contribution in [1.29, 1.82) is 0 Å². The van der Waals surface area contributed by atoms with Gasteiger partial charge in [0.25, 0.3) is 12.3 Å². The third kappa shape index (κ3) is 5.36. The van der Waals surface area contributed by atoms with Gasteiger partial charge in [-0.3, -0.25) is 9.59 Å². The molecule has 2 rings (SSSR count). The van der Waals surface area contributed by atoms with E-state index in [9.17, 15) is 23.2 Å². The summed E-state index contributed by atoms with van der Waals surface area (Å²) in [5.41, 5.74) is 5.22. The summed E-state index contributed by atoms with van der Waals surface area (Å²) in [6.45, 7) is 2.27. The van der Waals surface area contributed by atoms with Crippen molar-refractivity contribution in [2.24, 2.45) is 5.73 Å². The second-order valence-electron chi connectivity index (χ2n) is 5.95. The number of urea groups is 1. The van der Waals surface area contributed by atoms with E-state index in [1.165, 1.54) is 17.0 Å². The van der Waals surface area contributed by atoms with Crippen LogP contribution < -0.4 is 26.6 Å². The first kappa shape index (κ1) is 21.5. The van der Waals surface area contributed by atoms with Crippen LogP contribution in [0, 0.1) is 0 Å². The first-order valence-electron chi connectivity index (χ1n) is 8.72. The second-order valence-corrected chi connectivity index (χ2v) is 5.95. The Morgan fingerprint density at radius 3 is 2.71 bits per heavy atom. The summed E-state index contributed by atoms with van der Waals surface area (Å²) in [5.74, 6) is -1.07. The van der Waals surface area contributed by atoms with Gasteiger partial charge in [0.05, 0.1) is 6.61 Å². The Kier molecular flexibility index (Phi) is 7.64. The van der Waals surface area contributed by atoms with Gasteiger partial charge in [-0.15, -0.1) is 0 Å². The van der Waals surface area contributed by atoms with E-state index in [1.807, 2.05) is 0 Å². The Labute approximate surface area is 160 Å². The molecule has 1 atom stereocenters. The predicted octanol–water partition coefficient (Wildman–Crippen LogP) is 0.572. The summed E-state index contributed by atoms with van der Waals surface area (Å²) in [6.07, 6.45) is -2.89. The summed E-state index contributed by atoms with van der Waals surface area (Å²) in [7, 11) is 0. The Hall–Kier alpha value is -2.79. The van der Waals surface area contributed by atoms with Gasteiger partial charge in [0.15, 0.2) is 0 Å². The number of nitrogens with two attached hydrogens (primary N) is 1. The fourth-order valence-electron chi connectivity index (χ4n) is 2.62. The maximum absolute atomic E-state index is 13.5. The minimum Gasteiger partial charge on any atom is -0.370 e. The number of morpholine rings is 1. The number of carbonyl (C=O) groups excluding carboxylic acids is 3. The summed E-state index contributed by atoms with van der Waals surface area (Å²) in [6, 6.07) is 2.20. The van der Waals surface area contributed by atoms with E-state index in [0.717, 1.165) is 6.07 Å². The van der Waals surface area contributed by atoms with Crippen LogP contribution in [0.3, 0.4) is 0 Å².